The molecule has 0 spiro atoms. The third kappa shape index (κ3) is 7.09. The number of nitrogens with one attached hydrogen (secondary N) is 1. The van der Waals surface area contributed by atoms with Crippen molar-refractivity contribution >= 4 is 17.3 Å². The van der Waals surface area contributed by atoms with Crippen LogP contribution in [0.4, 0.5) is 17.6 Å². The molecular formula is C15H19F4NO4S. The van der Waals surface area contributed by atoms with E-state index in [9.17, 15) is 26.9 Å². The van der Waals surface area contributed by atoms with Crippen LogP contribution in [0, 0.1) is 5.82 Å². The van der Waals surface area contributed by atoms with Crippen LogP contribution >= 0.6 is 0 Å². The van der Waals surface area contributed by atoms with Crippen LogP contribution in [0.5, 0.6) is 5.75 Å². The molecule has 1 aromatic carbocycles. The standard InChI is InChI=1S/C15H19F4NO4S/c1-14(2,3)25(22)20-11(8-13(21)23-4)9-5-6-10(16)12(7-9)24-15(17,18)19/h5-7,11,20H,8H2,1-4H3/t11-,25+/m0/s1. The molecule has 142 valence electrons. The fourth-order valence-electron chi connectivity index (χ4n) is 1.72. The van der Waals surface area contributed by atoms with Crippen molar-refractivity contribution in [3.8, 4) is 5.75 Å². The number of halogens is 4. The average molecular weight is 385 g/mol. The molecule has 10 heteroatoms. The number of carbonyl (C=O) groups excluding carboxylic acids is 1. The maximum Gasteiger partial charge on any atom is 0.573 e. The molecule has 5 nitrogen and oxygen atoms in total. The van der Waals surface area contributed by atoms with E-state index in [1.54, 1.807) is 20.8 Å². The van der Waals surface area contributed by atoms with E-state index in [2.05, 4.69) is 14.2 Å². The van der Waals surface area contributed by atoms with Crippen LogP contribution in [0.15, 0.2) is 18.2 Å². The second-order valence-corrected chi connectivity index (χ2v) is 8.07. The molecule has 1 aromatic rings. The maximum atomic E-state index is 13.5. The van der Waals surface area contributed by atoms with E-state index in [1.807, 2.05) is 0 Å². The Morgan fingerprint density at radius 3 is 2.40 bits per heavy atom. The lowest BCUT2D eigenvalue weighted by Gasteiger charge is -2.28. The maximum absolute atomic E-state index is 13.5. The van der Waals surface area contributed by atoms with E-state index in [4.69, 9.17) is 0 Å². The highest BCUT2D eigenvalue weighted by Crippen LogP contribution is 2.30. The predicted octanol–water partition coefficient (Wildman–Crippen LogP) is 3.38. The summed E-state index contributed by atoms with van der Waals surface area (Å²) in [6.45, 7) is 5.02. The van der Waals surface area contributed by atoms with Gasteiger partial charge < -0.3 is 14.0 Å². The zero-order valence-electron chi connectivity index (χ0n) is 14.1. The van der Waals surface area contributed by atoms with Crippen molar-refractivity contribution in [3.63, 3.8) is 0 Å². The smallest absolute Gasteiger partial charge is 0.573 e. The monoisotopic (exact) mass is 385 g/mol. The number of hydrogen-bond donors (Lipinski definition) is 1. The Morgan fingerprint density at radius 2 is 1.92 bits per heavy atom. The lowest BCUT2D eigenvalue weighted by atomic mass is 10.0. The first-order valence-corrected chi connectivity index (χ1v) is 8.28. The normalized spacial score (nSPS) is 14.8. The number of benzene rings is 1. The first-order valence-electron chi connectivity index (χ1n) is 7.13. The second-order valence-electron chi connectivity index (χ2n) is 6.07. The van der Waals surface area contributed by atoms with Gasteiger partial charge in [-0.1, -0.05) is 6.07 Å². The van der Waals surface area contributed by atoms with Gasteiger partial charge in [0.25, 0.3) is 0 Å². The van der Waals surface area contributed by atoms with Crippen LogP contribution in [-0.4, -0.2) is 28.7 Å². The lowest BCUT2D eigenvalue weighted by Crippen LogP contribution is -2.42. The molecule has 0 saturated heterocycles. The highest BCUT2D eigenvalue weighted by Gasteiger charge is 2.34. The molecule has 0 heterocycles. The Balaban J connectivity index is 3.16. The summed E-state index contributed by atoms with van der Waals surface area (Å²) in [5, 5.41) is 0. The largest absolute Gasteiger partial charge is 0.598 e. The van der Waals surface area contributed by atoms with Crippen LogP contribution in [0.1, 0.15) is 38.8 Å². The van der Waals surface area contributed by atoms with Gasteiger partial charge in [-0.25, -0.2) is 4.39 Å². The summed E-state index contributed by atoms with van der Waals surface area (Å²) in [6.07, 6.45) is -5.38. The first-order chi connectivity index (χ1) is 11.3. The molecule has 0 radical (unpaired) electrons. The summed E-state index contributed by atoms with van der Waals surface area (Å²) in [6, 6.07) is 1.81. The average Bonchev–Trinajstić information content (AvgIpc) is 2.46. The number of ether oxygens (including phenoxy) is 2. The van der Waals surface area contributed by atoms with Gasteiger partial charge in [0.05, 0.1) is 19.6 Å². The highest BCUT2D eigenvalue weighted by molar-refractivity contribution is 7.90. The quantitative estimate of drug-likeness (QED) is 0.462. The van der Waals surface area contributed by atoms with Gasteiger partial charge in [0, 0.05) is 11.4 Å². The Morgan fingerprint density at radius 1 is 1.32 bits per heavy atom. The van der Waals surface area contributed by atoms with E-state index in [-0.39, 0.29) is 12.0 Å². The highest BCUT2D eigenvalue weighted by atomic mass is 32.2. The number of methoxy groups -OCH3 is 1. The molecule has 0 unspecified atom stereocenters. The topological polar surface area (TPSA) is 70.6 Å². The lowest BCUT2D eigenvalue weighted by molar-refractivity contribution is -0.275. The summed E-state index contributed by atoms with van der Waals surface area (Å²) in [5.41, 5.74) is 0.101. The predicted molar refractivity (Wildman–Crippen MR) is 83.5 cm³/mol. The molecule has 0 fully saturated rings. The minimum absolute atomic E-state index is 0.101. The van der Waals surface area contributed by atoms with Gasteiger partial charge in [-0.15, -0.1) is 17.9 Å². The van der Waals surface area contributed by atoms with Crippen molar-refractivity contribution in [1.82, 2.24) is 4.72 Å². The van der Waals surface area contributed by atoms with Crippen molar-refractivity contribution in [2.45, 2.75) is 44.3 Å². The molecule has 0 aliphatic heterocycles. The molecule has 1 rings (SSSR count). The third-order valence-electron chi connectivity index (χ3n) is 2.99. The summed E-state index contributed by atoms with van der Waals surface area (Å²) >= 11 is -1.63. The van der Waals surface area contributed by atoms with Gasteiger partial charge >= 0.3 is 12.3 Å². The van der Waals surface area contributed by atoms with Gasteiger partial charge in [0.15, 0.2) is 11.6 Å². The molecule has 0 amide bonds. The van der Waals surface area contributed by atoms with E-state index >= 15 is 0 Å². The van der Waals surface area contributed by atoms with Crippen LogP contribution in [-0.2, 0) is 20.9 Å². The fraction of sp³-hybridized carbons (Fsp3) is 0.533. The molecule has 0 aliphatic carbocycles. The molecular weight excluding hydrogens is 366 g/mol. The molecule has 0 aliphatic rings. The summed E-state index contributed by atoms with van der Waals surface area (Å²) < 4.78 is 73.0. The van der Waals surface area contributed by atoms with Crippen molar-refractivity contribution in [2.75, 3.05) is 7.11 Å². The summed E-state index contributed by atoms with van der Waals surface area (Å²) in [4.78, 5) is 11.6. The first kappa shape index (κ1) is 21.5. The van der Waals surface area contributed by atoms with Crippen molar-refractivity contribution < 1.29 is 36.4 Å². The molecule has 0 aromatic heterocycles. The van der Waals surface area contributed by atoms with Crippen LogP contribution < -0.4 is 9.46 Å². The molecule has 0 saturated carbocycles. The number of alkyl halides is 3. The van der Waals surface area contributed by atoms with E-state index in [0.717, 1.165) is 19.2 Å². The molecule has 0 bridgehead atoms. The Labute approximate surface area is 146 Å². The van der Waals surface area contributed by atoms with Crippen LogP contribution in [0.3, 0.4) is 0 Å². The minimum atomic E-state index is -5.07. The fourth-order valence-corrected chi connectivity index (χ4v) is 2.55. The number of esters is 1. The third-order valence-corrected chi connectivity index (χ3v) is 4.60. The number of carbonyl (C=O) groups is 1. The Hall–Kier alpha value is -1.52. The zero-order valence-corrected chi connectivity index (χ0v) is 14.9. The Bertz CT molecular complexity index is 604. The number of hydrogen-bond acceptors (Lipinski definition) is 5. The molecule has 1 N–H and O–H groups in total. The van der Waals surface area contributed by atoms with E-state index < -0.39 is 46.0 Å². The van der Waals surface area contributed by atoms with Gasteiger partial charge in [-0.2, -0.15) is 0 Å². The molecule has 2 atom stereocenters. The van der Waals surface area contributed by atoms with E-state index in [1.165, 1.54) is 6.07 Å². The Kier molecular flexibility index (Phi) is 7.09. The summed E-state index contributed by atoms with van der Waals surface area (Å²) in [7, 11) is 1.14. The van der Waals surface area contributed by atoms with Gasteiger partial charge in [0.2, 0.25) is 0 Å². The zero-order chi connectivity index (χ0) is 19.4. The van der Waals surface area contributed by atoms with Gasteiger partial charge in [0.1, 0.15) is 4.75 Å². The van der Waals surface area contributed by atoms with Crippen molar-refractivity contribution in [3.05, 3.63) is 29.6 Å². The van der Waals surface area contributed by atoms with Gasteiger partial charge in [-0.3, -0.25) is 4.79 Å². The van der Waals surface area contributed by atoms with Crippen LogP contribution in [0.2, 0.25) is 0 Å². The van der Waals surface area contributed by atoms with Crippen molar-refractivity contribution in [1.29, 1.82) is 0 Å². The van der Waals surface area contributed by atoms with Crippen molar-refractivity contribution in [2.24, 2.45) is 0 Å². The van der Waals surface area contributed by atoms with Crippen LogP contribution in [0.25, 0.3) is 0 Å². The second kappa shape index (κ2) is 8.24. The SMILES string of the molecule is COC(=O)C[C@H](N[S@+]([O-])C(C)(C)C)c1ccc(F)c(OC(F)(F)F)c1. The summed E-state index contributed by atoms with van der Waals surface area (Å²) in [5.74, 6) is -2.93. The van der Waals surface area contributed by atoms with E-state index in [0.29, 0.717) is 0 Å². The van der Waals surface area contributed by atoms with Gasteiger partial charge in [-0.05, 0) is 38.5 Å². The number of rotatable bonds is 6. The molecule has 25 heavy (non-hydrogen) atoms. The minimum Gasteiger partial charge on any atom is -0.598 e.